The van der Waals surface area contributed by atoms with Crippen LogP contribution >= 0.6 is 11.3 Å². The second-order valence-corrected chi connectivity index (χ2v) is 4.33. The van der Waals surface area contributed by atoms with Crippen LogP contribution in [0.5, 0.6) is 0 Å². The molecule has 0 saturated heterocycles. The second-order valence-electron chi connectivity index (χ2n) is 3.25. The summed E-state index contributed by atoms with van der Waals surface area (Å²) in [4.78, 5) is 22.7. The molecule has 0 bridgehead atoms. The third-order valence-corrected chi connectivity index (χ3v) is 3.33. The van der Waals surface area contributed by atoms with Crippen molar-refractivity contribution >= 4 is 33.3 Å². The summed E-state index contributed by atoms with van der Waals surface area (Å²) >= 11 is 1.35. The normalized spacial score (nSPS) is 10.3. The Kier molecular flexibility index (Phi) is 2.62. The standard InChI is InChI=1S/C11H9NO3S/c1-12-10(13)9-5-7-4-6(11(14)15)2-3-8(7)16-9/h2-5H,1H3,(H,12,13)(H,14,15). The van der Waals surface area contributed by atoms with E-state index in [1.165, 1.54) is 17.4 Å². The van der Waals surface area contributed by atoms with Crippen molar-refractivity contribution in [3.05, 3.63) is 34.7 Å². The maximum atomic E-state index is 11.4. The van der Waals surface area contributed by atoms with E-state index in [1.54, 1.807) is 25.2 Å². The number of carbonyl (C=O) groups is 2. The van der Waals surface area contributed by atoms with E-state index in [0.717, 1.165) is 10.1 Å². The average Bonchev–Trinajstić information content (AvgIpc) is 2.70. The Hall–Kier alpha value is -1.88. The Balaban J connectivity index is 2.54. The van der Waals surface area contributed by atoms with Gasteiger partial charge in [0.1, 0.15) is 0 Å². The molecule has 0 aliphatic heterocycles. The van der Waals surface area contributed by atoms with Gasteiger partial charge in [-0.15, -0.1) is 11.3 Å². The Bertz CT molecular complexity index is 574. The smallest absolute Gasteiger partial charge is 0.335 e. The number of carbonyl (C=O) groups excluding carboxylic acids is 1. The van der Waals surface area contributed by atoms with Crippen LogP contribution in [-0.2, 0) is 0 Å². The van der Waals surface area contributed by atoms with Crippen molar-refractivity contribution in [1.29, 1.82) is 0 Å². The van der Waals surface area contributed by atoms with Gasteiger partial charge in [0.2, 0.25) is 0 Å². The molecule has 0 radical (unpaired) electrons. The molecule has 2 N–H and O–H groups in total. The van der Waals surface area contributed by atoms with Crippen molar-refractivity contribution in [1.82, 2.24) is 5.32 Å². The fraction of sp³-hybridized carbons (Fsp3) is 0.0909. The van der Waals surface area contributed by atoms with Gasteiger partial charge in [0.25, 0.3) is 5.91 Å². The summed E-state index contributed by atoms with van der Waals surface area (Å²) in [6.07, 6.45) is 0. The lowest BCUT2D eigenvalue weighted by Crippen LogP contribution is -2.15. The van der Waals surface area contributed by atoms with E-state index in [9.17, 15) is 9.59 Å². The number of carboxylic acid groups (broad SMARTS) is 1. The van der Waals surface area contributed by atoms with Crippen LogP contribution in [0.25, 0.3) is 10.1 Å². The minimum absolute atomic E-state index is 0.155. The first-order valence-electron chi connectivity index (χ1n) is 4.61. The Morgan fingerprint density at radius 1 is 1.31 bits per heavy atom. The highest BCUT2D eigenvalue weighted by atomic mass is 32.1. The summed E-state index contributed by atoms with van der Waals surface area (Å²) in [5.41, 5.74) is 0.230. The van der Waals surface area contributed by atoms with Gasteiger partial charge in [-0.25, -0.2) is 4.79 Å². The minimum atomic E-state index is -0.963. The fourth-order valence-electron chi connectivity index (χ4n) is 1.41. The van der Waals surface area contributed by atoms with Gasteiger partial charge in [0.15, 0.2) is 0 Å². The van der Waals surface area contributed by atoms with Crippen molar-refractivity contribution in [2.24, 2.45) is 0 Å². The topological polar surface area (TPSA) is 66.4 Å². The lowest BCUT2D eigenvalue weighted by molar-refractivity contribution is 0.0697. The molecule has 0 fully saturated rings. The molecule has 0 aliphatic carbocycles. The molecule has 0 atom stereocenters. The Morgan fingerprint density at radius 3 is 2.69 bits per heavy atom. The Morgan fingerprint density at radius 2 is 2.06 bits per heavy atom. The number of amides is 1. The van der Waals surface area contributed by atoms with E-state index in [-0.39, 0.29) is 11.5 Å². The molecule has 4 nitrogen and oxygen atoms in total. The molecule has 1 aromatic heterocycles. The number of thiophene rings is 1. The highest BCUT2D eigenvalue weighted by molar-refractivity contribution is 7.20. The molecule has 0 saturated carbocycles. The number of hydrogen-bond donors (Lipinski definition) is 2. The first-order valence-corrected chi connectivity index (χ1v) is 5.42. The van der Waals surface area contributed by atoms with Gasteiger partial charge >= 0.3 is 5.97 Å². The summed E-state index contributed by atoms with van der Waals surface area (Å²) in [5.74, 6) is -1.12. The highest BCUT2D eigenvalue weighted by Gasteiger charge is 2.10. The lowest BCUT2D eigenvalue weighted by atomic mass is 10.1. The number of rotatable bonds is 2. The van der Waals surface area contributed by atoms with Crippen molar-refractivity contribution in [3.63, 3.8) is 0 Å². The van der Waals surface area contributed by atoms with Gasteiger partial charge < -0.3 is 10.4 Å². The zero-order valence-corrected chi connectivity index (χ0v) is 9.30. The van der Waals surface area contributed by atoms with Gasteiger partial charge in [-0.1, -0.05) is 0 Å². The molecule has 16 heavy (non-hydrogen) atoms. The SMILES string of the molecule is CNC(=O)c1cc2cc(C(=O)O)ccc2s1. The predicted molar refractivity (Wildman–Crippen MR) is 62.2 cm³/mol. The number of carboxylic acids is 1. The number of fused-ring (bicyclic) bond motifs is 1. The van der Waals surface area contributed by atoms with E-state index < -0.39 is 5.97 Å². The third kappa shape index (κ3) is 1.77. The molecule has 0 spiro atoms. The van der Waals surface area contributed by atoms with Crippen molar-refractivity contribution < 1.29 is 14.7 Å². The predicted octanol–water partition coefficient (Wildman–Crippen LogP) is 1.96. The summed E-state index contributed by atoms with van der Waals surface area (Å²) in [6.45, 7) is 0. The molecule has 0 aliphatic rings. The van der Waals surface area contributed by atoms with Crippen LogP contribution in [0, 0.1) is 0 Å². The number of benzene rings is 1. The molecule has 2 aromatic rings. The van der Waals surface area contributed by atoms with E-state index in [0.29, 0.717) is 4.88 Å². The molecule has 1 heterocycles. The summed E-state index contributed by atoms with van der Waals surface area (Å²) in [5, 5.41) is 12.1. The first kappa shape index (κ1) is 10.6. The maximum Gasteiger partial charge on any atom is 0.335 e. The second kappa shape index (κ2) is 3.94. The monoisotopic (exact) mass is 235 g/mol. The summed E-state index contributed by atoms with van der Waals surface area (Å²) < 4.78 is 0.906. The summed E-state index contributed by atoms with van der Waals surface area (Å²) in [7, 11) is 1.56. The van der Waals surface area contributed by atoms with Crippen LogP contribution < -0.4 is 5.32 Å². The quantitative estimate of drug-likeness (QED) is 0.836. The minimum Gasteiger partial charge on any atom is -0.478 e. The molecule has 1 amide bonds. The molecule has 5 heteroatoms. The highest BCUT2D eigenvalue weighted by Crippen LogP contribution is 2.26. The Labute approximate surface area is 95.5 Å². The van der Waals surface area contributed by atoms with Gasteiger partial charge in [-0.3, -0.25) is 4.79 Å². The zero-order valence-electron chi connectivity index (χ0n) is 8.48. The summed E-state index contributed by atoms with van der Waals surface area (Å²) in [6, 6.07) is 6.52. The number of aromatic carboxylic acids is 1. The maximum absolute atomic E-state index is 11.4. The molecule has 1 aromatic carbocycles. The van der Waals surface area contributed by atoms with E-state index in [1.807, 2.05) is 0 Å². The van der Waals surface area contributed by atoms with Gasteiger partial charge in [-0.05, 0) is 29.7 Å². The molecule has 0 unspecified atom stereocenters. The lowest BCUT2D eigenvalue weighted by Gasteiger charge is -1.92. The largest absolute Gasteiger partial charge is 0.478 e. The molecular formula is C11H9NO3S. The van der Waals surface area contributed by atoms with E-state index in [2.05, 4.69) is 5.32 Å². The van der Waals surface area contributed by atoms with Gasteiger partial charge in [-0.2, -0.15) is 0 Å². The average molecular weight is 235 g/mol. The van der Waals surface area contributed by atoms with Crippen LogP contribution in [-0.4, -0.2) is 24.0 Å². The molecule has 82 valence electrons. The first-order chi connectivity index (χ1) is 7.61. The van der Waals surface area contributed by atoms with E-state index >= 15 is 0 Å². The fourth-order valence-corrected chi connectivity index (χ4v) is 2.40. The van der Waals surface area contributed by atoms with E-state index in [4.69, 9.17) is 5.11 Å². The third-order valence-electron chi connectivity index (χ3n) is 2.21. The van der Waals surface area contributed by atoms with Crippen LogP contribution in [0.15, 0.2) is 24.3 Å². The van der Waals surface area contributed by atoms with Gasteiger partial charge in [0, 0.05) is 11.7 Å². The van der Waals surface area contributed by atoms with Crippen molar-refractivity contribution in [2.75, 3.05) is 7.05 Å². The molecule has 2 rings (SSSR count). The number of hydrogen-bond acceptors (Lipinski definition) is 3. The van der Waals surface area contributed by atoms with Crippen LogP contribution in [0.4, 0.5) is 0 Å². The molecular weight excluding hydrogens is 226 g/mol. The van der Waals surface area contributed by atoms with Crippen LogP contribution in [0.1, 0.15) is 20.0 Å². The zero-order chi connectivity index (χ0) is 11.7. The number of nitrogens with one attached hydrogen (secondary N) is 1. The van der Waals surface area contributed by atoms with Crippen LogP contribution in [0.2, 0.25) is 0 Å². The van der Waals surface area contributed by atoms with Crippen molar-refractivity contribution in [2.45, 2.75) is 0 Å². The van der Waals surface area contributed by atoms with Crippen molar-refractivity contribution in [3.8, 4) is 0 Å². The van der Waals surface area contributed by atoms with Crippen LogP contribution in [0.3, 0.4) is 0 Å². The van der Waals surface area contributed by atoms with Gasteiger partial charge in [0.05, 0.1) is 10.4 Å².